The molecule has 2 atom stereocenters. The van der Waals surface area contributed by atoms with Crippen LogP contribution in [0.3, 0.4) is 0 Å². The number of carbonyl (C=O) groups excluding carboxylic acids is 1. The topological polar surface area (TPSA) is 48.5 Å². The van der Waals surface area contributed by atoms with Crippen molar-refractivity contribution < 1.29 is 18.0 Å². The highest BCUT2D eigenvalue weighted by atomic mass is 35.5. The molecule has 1 N–H and O–H groups in total. The highest BCUT2D eigenvalue weighted by Crippen LogP contribution is 2.40. The highest BCUT2D eigenvalue weighted by molar-refractivity contribution is 6.33. The van der Waals surface area contributed by atoms with E-state index in [-0.39, 0.29) is 16.8 Å². The number of hydrogen-bond acceptors (Lipinski definition) is 4. The molecule has 1 aliphatic heterocycles. The molecule has 2 saturated carbocycles. The molecule has 1 saturated heterocycles. The van der Waals surface area contributed by atoms with Crippen LogP contribution < -0.4 is 10.2 Å². The second-order valence-electron chi connectivity index (χ2n) is 9.55. The Bertz CT molecular complexity index is 805. The Balaban J connectivity index is 1.20. The van der Waals surface area contributed by atoms with Gasteiger partial charge in [0.1, 0.15) is 5.82 Å². The number of carbonyl (C=O) groups is 1. The van der Waals surface area contributed by atoms with Crippen molar-refractivity contribution in [2.24, 2.45) is 17.8 Å². The van der Waals surface area contributed by atoms with Crippen LogP contribution in [0.5, 0.6) is 0 Å². The third-order valence-electron chi connectivity index (χ3n) is 7.34. The van der Waals surface area contributed by atoms with Gasteiger partial charge < -0.3 is 10.2 Å². The van der Waals surface area contributed by atoms with Crippen molar-refractivity contribution in [2.75, 3.05) is 37.6 Å². The first-order valence-corrected chi connectivity index (χ1v) is 12.1. The number of amides is 1. The fourth-order valence-electron chi connectivity index (χ4n) is 5.09. The molecule has 3 fully saturated rings. The number of rotatable bonds is 6. The molecule has 0 unspecified atom stereocenters. The maximum absolute atomic E-state index is 12.8. The maximum atomic E-state index is 12.8. The van der Waals surface area contributed by atoms with Crippen LogP contribution in [0.25, 0.3) is 0 Å². The Hall–Kier alpha value is -1.54. The highest BCUT2D eigenvalue weighted by Gasteiger charge is 2.44. The Morgan fingerprint density at radius 2 is 1.88 bits per heavy atom. The third kappa shape index (κ3) is 5.68. The van der Waals surface area contributed by atoms with E-state index in [0.29, 0.717) is 30.9 Å². The van der Waals surface area contributed by atoms with Crippen LogP contribution in [0.4, 0.5) is 19.0 Å². The first-order chi connectivity index (χ1) is 15.2. The van der Waals surface area contributed by atoms with Gasteiger partial charge in [0.25, 0.3) is 0 Å². The molecule has 9 heteroatoms. The second-order valence-corrected chi connectivity index (χ2v) is 9.96. The number of piperazine rings is 1. The molecule has 32 heavy (non-hydrogen) atoms. The largest absolute Gasteiger partial charge is 0.417 e. The summed E-state index contributed by atoms with van der Waals surface area (Å²) in [5.74, 6) is 1.97. The van der Waals surface area contributed by atoms with E-state index in [2.05, 4.69) is 22.1 Å². The van der Waals surface area contributed by atoms with Crippen molar-refractivity contribution in [2.45, 2.75) is 57.7 Å². The van der Waals surface area contributed by atoms with Crippen molar-refractivity contribution in [3.05, 3.63) is 22.8 Å². The van der Waals surface area contributed by atoms with Gasteiger partial charge in [-0.15, -0.1) is 0 Å². The first kappa shape index (κ1) is 23.6. The summed E-state index contributed by atoms with van der Waals surface area (Å²) < 4.78 is 38.5. The zero-order valence-electron chi connectivity index (χ0n) is 18.5. The Kier molecular flexibility index (Phi) is 7.20. The fraction of sp³-hybridized carbons (Fsp3) is 0.739. The summed E-state index contributed by atoms with van der Waals surface area (Å²) in [6, 6.07) is 1.29. The molecule has 0 bridgehead atoms. The number of nitrogens with zero attached hydrogens (tertiary/aromatic N) is 3. The van der Waals surface area contributed by atoms with Gasteiger partial charge in [-0.1, -0.05) is 24.9 Å². The molecule has 0 spiro atoms. The van der Waals surface area contributed by atoms with Crippen LogP contribution in [0.1, 0.15) is 51.0 Å². The van der Waals surface area contributed by atoms with Crippen LogP contribution >= 0.6 is 11.6 Å². The smallest absolute Gasteiger partial charge is 0.353 e. The number of pyridine rings is 1. The summed E-state index contributed by atoms with van der Waals surface area (Å²) in [7, 11) is 0. The summed E-state index contributed by atoms with van der Waals surface area (Å²) >= 11 is 6.09. The Morgan fingerprint density at radius 1 is 1.19 bits per heavy atom. The number of anilines is 1. The van der Waals surface area contributed by atoms with Gasteiger partial charge in [0.05, 0.1) is 10.6 Å². The zero-order valence-corrected chi connectivity index (χ0v) is 19.3. The standard InChI is InChI=1S/C23H32ClF3N4O/c1-2-15-3-5-18(6-4-15)29-22(32)19-11-16(19)14-30-7-9-31(10-8-30)21-20(24)12-17(13-28-21)23(25,26)27/h12-13,15-16,18-19H,2-11,14H2,1H3,(H,29,32)/t15-,16-,18-,19+/m0/s1. The molecular weight excluding hydrogens is 441 g/mol. The summed E-state index contributed by atoms with van der Waals surface area (Å²) in [5, 5.41) is 3.30. The van der Waals surface area contributed by atoms with E-state index in [9.17, 15) is 18.0 Å². The Labute approximate surface area is 192 Å². The minimum Gasteiger partial charge on any atom is -0.353 e. The van der Waals surface area contributed by atoms with Crippen LogP contribution in [0.2, 0.25) is 5.02 Å². The molecule has 0 radical (unpaired) electrons. The molecule has 2 aliphatic carbocycles. The third-order valence-corrected chi connectivity index (χ3v) is 7.62. The monoisotopic (exact) mass is 472 g/mol. The van der Waals surface area contributed by atoms with Crippen molar-refractivity contribution in [1.82, 2.24) is 15.2 Å². The van der Waals surface area contributed by atoms with E-state index in [4.69, 9.17) is 11.6 Å². The molecule has 3 aliphatic rings. The maximum Gasteiger partial charge on any atom is 0.417 e. The van der Waals surface area contributed by atoms with E-state index in [1.165, 1.54) is 19.3 Å². The second kappa shape index (κ2) is 9.75. The van der Waals surface area contributed by atoms with Crippen molar-refractivity contribution in [1.29, 1.82) is 0 Å². The molecule has 1 amide bonds. The normalized spacial score (nSPS) is 29.1. The van der Waals surface area contributed by atoms with Crippen molar-refractivity contribution in [3.8, 4) is 0 Å². The van der Waals surface area contributed by atoms with Gasteiger partial charge in [0.2, 0.25) is 5.91 Å². The molecule has 2 heterocycles. The fourth-order valence-corrected chi connectivity index (χ4v) is 5.37. The first-order valence-electron chi connectivity index (χ1n) is 11.7. The lowest BCUT2D eigenvalue weighted by molar-refractivity contribution is -0.137. The molecule has 1 aromatic heterocycles. The average Bonchev–Trinajstić information content (AvgIpc) is 3.53. The lowest BCUT2D eigenvalue weighted by atomic mass is 9.84. The summed E-state index contributed by atoms with van der Waals surface area (Å²) in [5.41, 5.74) is -0.832. The lowest BCUT2D eigenvalue weighted by Gasteiger charge is -2.36. The van der Waals surface area contributed by atoms with Gasteiger partial charge in [-0.2, -0.15) is 13.2 Å². The van der Waals surface area contributed by atoms with Crippen LogP contribution in [-0.2, 0) is 11.0 Å². The van der Waals surface area contributed by atoms with Gasteiger partial charge in [0.15, 0.2) is 0 Å². The summed E-state index contributed by atoms with van der Waals surface area (Å²) in [6.07, 6.45) is 3.22. The van der Waals surface area contributed by atoms with Crippen molar-refractivity contribution in [3.63, 3.8) is 0 Å². The van der Waals surface area contributed by atoms with Crippen molar-refractivity contribution >= 4 is 23.3 Å². The minimum atomic E-state index is -4.45. The number of halogens is 4. The lowest BCUT2D eigenvalue weighted by Crippen LogP contribution is -2.47. The van der Waals surface area contributed by atoms with E-state index >= 15 is 0 Å². The number of hydrogen-bond donors (Lipinski definition) is 1. The van der Waals surface area contributed by atoms with E-state index in [1.54, 1.807) is 0 Å². The Morgan fingerprint density at radius 3 is 2.47 bits per heavy atom. The minimum absolute atomic E-state index is 0.0279. The number of alkyl halides is 3. The van der Waals surface area contributed by atoms with Gasteiger partial charge in [-0.05, 0) is 50.0 Å². The predicted molar refractivity (Wildman–Crippen MR) is 119 cm³/mol. The average molecular weight is 473 g/mol. The van der Waals surface area contributed by atoms with Crippen LogP contribution in [0.15, 0.2) is 12.3 Å². The van der Waals surface area contributed by atoms with Crippen LogP contribution in [-0.4, -0.2) is 54.6 Å². The molecule has 0 aromatic carbocycles. The van der Waals surface area contributed by atoms with Gasteiger partial charge in [0, 0.05) is 50.9 Å². The van der Waals surface area contributed by atoms with E-state index in [0.717, 1.165) is 57.1 Å². The molecule has 1 aromatic rings. The van der Waals surface area contributed by atoms with Gasteiger partial charge in [-0.3, -0.25) is 9.69 Å². The SMILES string of the molecule is CC[C@H]1CC[C@H](NC(=O)[C@@H]2C[C@H]2CN2CCN(c3ncc(C(F)(F)F)cc3Cl)CC2)CC1. The number of nitrogens with one attached hydrogen (secondary N) is 1. The molecular formula is C23H32ClF3N4O. The zero-order chi connectivity index (χ0) is 22.9. The van der Waals surface area contributed by atoms with Gasteiger partial charge in [-0.25, -0.2) is 4.98 Å². The molecule has 4 rings (SSSR count). The summed E-state index contributed by atoms with van der Waals surface area (Å²) in [4.78, 5) is 20.8. The van der Waals surface area contributed by atoms with E-state index < -0.39 is 11.7 Å². The van der Waals surface area contributed by atoms with Crippen LogP contribution in [0, 0.1) is 17.8 Å². The summed E-state index contributed by atoms with van der Waals surface area (Å²) in [6.45, 7) is 6.01. The predicted octanol–water partition coefficient (Wildman–Crippen LogP) is 4.60. The van der Waals surface area contributed by atoms with E-state index in [1.807, 2.05) is 4.90 Å². The molecule has 178 valence electrons. The quantitative estimate of drug-likeness (QED) is 0.657. The van der Waals surface area contributed by atoms with Gasteiger partial charge >= 0.3 is 6.18 Å². The number of aromatic nitrogens is 1. The molecule has 5 nitrogen and oxygen atoms in total.